The van der Waals surface area contributed by atoms with E-state index in [1.807, 2.05) is 60.1 Å². The van der Waals surface area contributed by atoms with E-state index >= 15 is 0 Å². The average molecular weight is 432 g/mol. The number of carbonyl (C=O) groups excluding carboxylic acids is 1. The molecule has 1 atom stereocenters. The first-order chi connectivity index (χ1) is 14.5. The van der Waals surface area contributed by atoms with Gasteiger partial charge < -0.3 is 24.8 Å². The second-order valence-electron chi connectivity index (χ2n) is 7.56. The Kier molecular flexibility index (Phi) is 7.76. The summed E-state index contributed by atoms with van der Waals surface area (Å²) in [7, 11) is 5.71. The zero-order chi connectivity index (χ0) is 21.5. The van der Waals surface area contributed by atoms with Crippen molar-refractivity contribution in [2.75, 3.05) is 27.2 Å². The first-order valence-electron chi connectivity index (χ1n) is 10.2. The molecular weight excluding hydrogens is 402 g/mol. The van der Waals surface area contributed by atoms with Gasteiger partial charge in [0, 0.05) is 58.3 Å². The summed E-state index contributed by atoms with van der Waals surface area (Å²) in [5, 5.41) is 7.05. The van der Waals surface area contributed by atoms with E-state index < -0.39 is 0 Å². The Balaban J connectivity index is 1.54. The zero-order valence-electron chi connectivity index (χ0n) is 17.8. The van der Waals surface area contributed by atoms with Crippen molar-refractivity contribution in [1.82, 2.24) is 20.1 Å². The minimum atomic E-state index is -0.0746. The summed E-state index contributed by atoms with van der Waals surface area (Å²) in [6.45, 7) is 2.59. The largest absolute Gasteiger partial charge is 0.376 e. The van der Waals surface area contributed by atoms with Gasteiger partial charge in [0.15, 0.2) is 5.96 Å². The molecule has 0 radical (unpaired) electrons. The van der Waals surface area contributed by atoms with Crippen LogP contribution in [0.25, 0.3) is 0 Å². The minimum absolute atomic E-state index is 0.0746. The fourth-order valence-electron chi connectivity index (χ4n) is 3.54. The highest BCUT2D eigenvalue weighted by molar-refractivity contribution is 6.30. The number of aryl methyl sites for hydroxylation is 1. The van der Waals surface area contributed by atoms with Gasteiger partial charge in [-0.2, -0.15) is 0 Å². The van der Waals surface area contributed by atoms with Gasteiger partial charge in [0.1, 0.15) is 0 Å². The van der Waals surface area contributed by atoms with Crippen molar-refractivity contribution in [3.05, 3.63) is 58.4 Å². The highest BCUT2D eigenvalue weighted by Gasteiger charge is 2.17. The number of aromatic nitrogens is 1. The van der Waals surface area contributed by atoms with Crippen LogP contribution in [0, 0.1) is 0 Å². The highest BCUT2D eigenvalue weighted by Crippen LogP contribution is 2.14. The van der Waals surface area contributed by atoms with Gasteiger partial charge in [0.05, 0.1) is 17.7 Å². The molecule has 1 aromatic carbocycles. The average Bonchev–Trinajstić information content (AvgIpc) is 3.36. The van der Waals surface area contributed by atoms with Crippen molar-refractivity contribution < 1.29 is 9.53 Å². The lowest BCUT2D eigenvalue weighted by Gasteiger charge is -2.22. The minimum Gasteiger partial charge on any atom is -0.376 e. The van der Waals surface area contributed by atoms with Gasteiger partial charge in [-0.15, -0.1) is 0 Å². The maximum absolute atomic E-state index is 12.5. The van der Waals surface area contributed by atoms with Crippen LogP contribution < -0.4 is 10.6 Å². The van der Waals surface area contributed by atoms with Crippen LogP contribution in [0.3, 0.4) is 0 Å². The van der Waals surface area contributed by atoms with E-state index in [1.165, 1.54) is 0 Å². The van der Waals surface area contributed by atoms with Crippen LogP contribution in [-0.4, -0.2) is 54.7 Å². The molecule has 1 saturated heterocycles. The molecule has 0 saturated carbocycles. The lowest BCUT2D eigenvalue weighted by molar-refractivity contribution is 0.0857. The van der Waals surface area contributed by atoms with Gasteiger partial charge in [0.25, 0.3) is 5.91 Å². The standard InChI is InChI=1S/C22H30ClN5O2/c1-24-22(28(3)15-19-11-18(23)14-27(19)2)26-12-16-6-4-7-17(10-16)21(29)25-13-20-8-5-9-30-20/h4,6-7,10-11,14,20H,5,8-9,12-13,15H2,1-3H3,(H,24,26)(H,25,29). The molecule has 1 aliphatic heterocycles. The normalized spacial score (nSPS) is 16.5. The number of halogens is 1. The molecule has 3 rings (SSSR count). The number of rotatable bonds is 7. The second kappa shape index (κ2) is 10.5. The van der Waals surface area contributed by atoms with Crippen LogP contribution in [0.15, 0.2) is 41.5 Å². The van der Waals surface area contributed by atoms with Gasteiger partial charge in [-0.25, -0.2) is 0 Å². The smallest absolute Gasteiger partial charge is 0.251 e. The number of amides is 1. The summed E-state index contributed by atoms with van der Waals surface area (Å²) in [6.07, 6.45) is 4.09. The molecule has 162 valence electrons. The number of aliphatic imine (C=N–C) groups is 1. The van der Waals surface area contributed by atoms with Gasteiger partial charge in [-0.3, -0.25) is 9.79 Å². The van der Waals surface area contributed by atoms with Crippen molar-refractivity contribution in [2.45, 2.75) is 32.0 Å². The Hall–Kier alpha value is -2.51. The first kappa shape index (κ1) is 22.2. The van der Waals surface area contributed by atoms with Crippen LogP contribution >= 0.6 is 11.6 Å². The van der Waals surface area contributed by atoms with E-state index in [9.17, 15) is 4.79 Å². The van der Waals surface area contributed by atoms with Gasteiger partial charge in [0.2, 0.25) is 0 Å². The Morgan fingerprint density at radius 1 is 1.37 bits per heavy atom. The maximum atomic E-state index is 12.5. The number of guanidine groups is 1. The fraction of sp³-hybridized carbons (Fsp3) is 0.455. The molecular formula is C22H30ClN5O2. The summed E-state index contributed by atoms with van der Waals surface area (Å²) >= 11 is 6.08. The third kappa shape index (κ3) is 6.00. The van der Waals surface area contributed by atoms with Crippen LogP contribution in [0.2, 0.25) is 5.02 Å². The Labute approximate surface area is 183 Å². The number of nitrogens with one attached hydrogen (secondary N) is 2. The molecule has 7 nitrogen and oxygen atoms in total. The summed E-state index contributed by atoms with van der Waals surface area (Å²) in [5.74, 6) is 0.690. The molecule has 2 aromatic rings. The first-order valence-corrected chi connectivity index (χ1v) is 10.6. The van der Waals surface area contributed by atoms with Crippen LogP contribution in [0.5, 0.6) is 0 Å². The van der Waals surface area contributed by atoms with E-state index in [1.54, 1.807) is 7.05 Å². The molecule has 8 heteroatoms. The zero-order valence-corrected chi connectivity index (χ0v) is 18.6. The summed E-state index contributed by atoms with van der Waals surface area (Å²) < 4.78 is 7.57. The SMILES string of the molecule is CN=C(NCc1cccc(C(=O)NCC2CCCO2)c1)N(C)Cc1cc(Cl)cn1C. The summed E-state index contributed by atoms with van der Waals surface area (Å²) in [4.78, 5) is 18.9. The van der Waals surface area contributed by atoms with Crippen molar-refractivity contribution in [1.29, 1.82) is 0 Å². The van der Waals surface area contributed by atoms with Crippen LogP contribution in [0.4, 0.5) is 0 Å². The van der Waals surface area contributed by atoms with Crippen LogP contribution in [0.1, 0.15) is 34.5 Å². The molecule has 1 aromatic heterocycles. The molecule has 0 spiro atoms. The molecule has 1 fully saturated rings. The predicted molar refractivity (Wildman–Crippen MR) is 120 cm³/mol. The molecule has 2 N–H and O–H groups in total. The van der Waals surface area contributed by atoms with E-state index in [0.717, 1.165) is 41.7 Å². The molecule has 2 heterocycles. The van der Waals surface area contributed by atoms with E-state index in [4.69, 9.17) is 16.3 Å². The Morgan fingerprint density at radius 3 is 2.87 bits per heavy atom. The molecule has 30 heavy (non-hydrogen) atoms. The maximum Gasteiger partial charge on any atom is 0.251 e. The van der Waals surface area contributed by atoms with Gasteiger partial charge >= 0.3 is 0 Å². The molecule has 0 bridgehead atoms. The van der Waals surface area contributed by atoms with Crippen molar-refractivity contribution >= 4 is 23.5 Å². The van der Waals surface area contributed by atoms with E-state index in [-0.39, 0.29) is 12.0 Å². The van der Waals surface area contributed by atoms with Crippen molar-refractivity contribution in [2.24, 2.45) is 12.0 Å². The molecule has 1 aliphatic rings. The topological polar surface area (TPSA) is 70.9 Å². The summed E-state index contributed by atoms with van der Waals surface area (Å²) in [5.41, 5.74) is 2.75. The van der Waals surface area contributed by atoms with Crippen LogP contribution in [-0.2, 0) is 24.9 Å². The van der Waals surface area contributed by atoms with Crippen molar-refractivity contribution in [3.8, 4) is 0 Å². The number of ether oxygens (including phenoxy) is 1. The number of nitrogens with zero attached hydrogens (tertiary/aromatic N) is 3. The number of carbonyl (C=O) groups is 1. The highest BCUT2D eigenvalue weighted by atomic mass is 35.5. The van der Waals surface area contributed by atoms with E-state index in [0.29, 0.717) is 25.2 Å². The Bertz CT molecular complexity index is 889. The number of hydrogen-bond donors (Lipinski definition) is 2. The molecule has 0 aliphatic carbocycles. The van der Waals surface area contributed by atoms with Gasteiger partial charge in [-0.1, -0.05) is 23.7 Å². The third-order valence-electron chi connectivity index (χ3n) is 5.20. The van der Waals surface area contributed by atoms with E-state index in [2.05, 4.69) is 15.6 Å². The number of benzene rings is 1. The third-order valence-corrected chi connectivity index (χ3v) is 5.41. The molecule has 1 amide bonds. The quantitative estimate of drug-likeness (QED) is 0.522. The Morgan fingerprint density at radius 2 is 2.20 bits per heavy atom. The van der Waals surface area contributed by atoms with Crippen molar-refractivity contribution in [3.63, 3.8) is 0 Å². The number of hydrogen-bond acceptors (Lipinski definition) is 3. The summed E-state index contributed by atoms with van der Waals surface area (Å²) in [6, 6.07) is 9.57. The predicted octanol–water partition coefficient (Wildman–Crippen LogP) is 2.79. The lowest BCUT2D eigenvalue weighted by atomic mass is 10.1. The second-order valence-corrected chi connectivity index (χ2v) is 8.00. The van der Waals surface area contributed by atoms with Gasteiger partial charge in [-0.05, 0) is 36.6 Å². The molecule has 1 unspecified atom stereocenters. The monoisotopic (exact) mass is 431 g/mol. The fourth-order valence-corrected chi connectivity index (χ4v) is 3.82. The lowest BCUT2D eigenvalue weighted by Crippen LogP contribution is -2.38.